The summed E-state index contributed by atoms with van der Waals surface area (Å²) in [6.07, 6.45) is 0. The Labute approximate surface area is 235 Å². The van der Waals surface area contributed by atoms with Gasteiger partial charge in [-0.2, -0.15) is 0 Å². The van der Waals surface area contributed by atoms with Gasteiger partial charge in [-0.15, -0.1) is 10.2 Å². The molecule has 41 heavy (non-hydrogen) atoms. The third-order valence-corrected chi connectivity index (χ3v) is 7.19. The lowest BCUT2D eigenvalue weighted by Crippen LogP contribution is -2.51. The highest BCUT2D eigenvalue weighted by Crippen LogP contribution is 2.39. The predicted octanol–water partition coefficient (Wildman–Crippen LogP) is 4.12. The molecule has 5 aromatic rings. The van der Waals surface area contributed by atoms with E-state index in [9.17, 15) is 9.59 Å². The maximum Gasteiger partial charge on any atom is 0.338 e. The van der Waals surface area contributed by atoms with Crippen LogP contribution in [0.3, 0.4) is 0 Å². The minimum atomic E-state index is -0.765. The molecule has 208 valence electrons. The normalized spacial score (nSPS) is 15.7. The zero-order valence-corrected chi connectivity index (χ0v) is 22.8. The maximum absolute atomic E-state index is 14.4. The van der Waals surface area contributed by atoms with Gasteiger partial charge in [0.05, 0.1) is 36.4 Å². The molecular formula is C29H28N8O4. The summed E-state index contributed by atoms with van der Waals surface area (Å²) in [5.41, 5.74) is 4.44. The van der Waals surface area contributed by atoms with Crippen molar-refractivity contribution in [3.8, 4) is 5.75 Å². The lowest BCUT2D eigenvalue weighted by atomic mass is 9.93. The summed E-state index contributed by atoms with van der Waals surface area (Å²) < 4.78 is 14.2. The number of urea groups is 1. The number of carbonyl (C=O) groups is 2. The highest BCUT2D eigenvalue weighted by Gasteiger charge is 2.43. The molecule has 1 aliphatic heterocycles. The molecule has 0 bridgehead atoms. The van der Waals surface area contributed by atoms with E-state index in [1.165, 1.54) is 4.90 Å². The van der Waals surface area contributed by atoms with Crippen LogP contribution < -0.4 is 4.74 Å². The van der Waals surface area contributed by atoms with E-state index in [-0.39, 0.29) is 26.0 Å². The van der Waals surface area contributed by atoms with Crippen LogP contribution in [-0.4, -0.2) is 65.5 Å². The summed E-state index contributed by atoms with van der Waals surface area (Å²) in [7, 11) is 1.58. The first-order valence-electron chi connectivity index (χ1n) is 13.2. The van der Waals surface area contributed by atoms with Crippen LogP contribution in [0.2, 0.25) is 0 Å². The number of methoxy groups -OCH3 is 1. The molecule has 0 spiro atoms. The molecule has 1 atom stereocenters. The summed E-state index contributed by atoms with van der Waals surface area (Å²) in [5.74, 6) is 0.142. The quantitative estimate of drug-likeness (QED) is 0.264. The van der Waals surface area contributed by atoms with Crippen LogP contribution in [0.25, 0.3) is 22.1 Å². The molecule has 1 aliphatic rings. The molecule has 2 aromatic heterocycles. The number of hydrogen-bond acceptors (Lipinski definition) is 8. The first-order valence-corrected chi connectivity index (χ1v) is 13.2. The van der Waals surface area contributed by atoms with Crippen molar-refractivity contribution < 1.29 is 19.1 Å². The van der Waals surface area contributed by atoms with Crippen molar-refractivity contribution in [3.05, 3.63) is 89.6 Å². The van der Waals surface area contributed by atoms with Crippen LogP contribution in [-0.2, 0) is 22.9 Å². The van der Waals surface area contributed by atoms with Gasteiger partial charge in [-0.3, -0.25) is 9.80 Å². The fourth-order valence-electron chi connectivity index (χ4n) is 5.14. The zero-order chi connectivity index (χ0) is 28.5. The molecule has 2 amide bonds. The fourth-order valence-corrected chi connectivity index (χ4v) is 5.14. The molecule has 0 radical (unpaired) electrons. The minimum absolute atomic E-state index is 0.0286. The molecule has 1 unspecified atom stereocenters. The molecule has 6 rings (SSSR count). The van der Waals surface area contributed by atoms with Gasteiger partial charge in [-0.1, -0.05) is 46.8 Å². The van der Waals surface area contributed by atoms with Crippen LogP contribution in [0.1, 0.15) is 25.5 Å². The second-order valence-corrected chi connectivity index (χ2v) is 9.51. The van der Waals surface area contributed by atoms with Gasteiger partial charge in [0.25, 0.3) is 0 Å². The number of esters is 1. The standard InChI is InChI=1S/C29H28N8O4/c1-4-41-28(38)26-19(2)34(17-36-24-11-7-5-9-22(24)30-32-36)29(39)35(27(26)20-13-15-21(40-3)16-14-20)18-37-25-12-8-6-10-23(25)31-33-37/h5-16,27H,4,17-18H2,1-3H3. The summed E-state index contributed by atoms with van der Waals surface area (Å²) in [6.45, 7) is 3.75. The SMILES string of the molecule is CCOC(=O)C1=C(C)N(Cn2nnc3ccccc32)C(=O)N(Cn2nnc3ccccc32)C1c1ccc(OC)cc1. The van der Waals surface area contributed by atoms with Gasteiger partial charge in [-0.25, -0.2) is 19.0 Å². The molecule has 3 aromatic carbocycles. The molecule has 3 heterocycles. The number of benzene rings is 3. The van der Waals surface area contributed by atoms with Crippen molar-refractivity contribution in [1.82, 2.24) is 39.8 Å². The Morgan fingerprint density at radius 3 is 2.02 bits per heavy atom. The summed E-state index contributed by atoms with van der Waals surface area (Å²) in [6, 6.07) is 21.2. The lowest BCUT2D eigenvalue weighted by molar-refractivity contribution is -0.139. The van der Waals surface area contributed by atoms with E-state index in [4.69, 9.17) is 9.47 Å². The Morgan fingerprint density at radius 2 is 1.44 bits per heavy atom. The number of allylic oxidation sites excluding steroid dienone is 1. The van der Waals surface area contributed by atoms with E-state index < -0.39 is 12.0 Å². The first-order chi connectivity index (χ1) is 20.0. The molecule has 0 N–H and O–H groups in total. The average Bonchev–Trinajstić information content (AvgIpc) is 3.60. The smallest absolute Gasteiger partial charge is 0.338 e. The van der Waals surface area contributed by atoms with Gasteiger partial charge in [0, 0.05) is 5.70 Å². The largest absolute Gasteiger partial charge is 0.497 e. The third-order valence-electron chi connectivity index (χ3n) is 7.19. The van der Waals surface area contributed by atoms with Crippen LogP contribution in [0, 0.1) is 0 Å². The molecular weight excluding hydrogens is 524 g/mol. The highest BCUT2D eigenvalue weighted by molar-refractivity contribution is 5.95. The Hall–Kier alpha value is -5.26. The first kappa shape index (κ1) is 26.0. The van der Waals surface area contributed by atoms with Crippen molar-refractivity contribution in [3.63, 3.8) is 0 Å². The Morgan fingerprint density at radius 1 is 0.854 bits per heavy atom. The van der Waals surface area contributed by atoms with E-state index in [0.29, 0.717) is 28.1 Å². The van der Waals surface area contributed by atoms with Crippen molar-refractivity contribution >= 4 is 34.1 Å². The van der Waals surface area contributed by atoms with E-state index in [1.807, 2.05) is 60.7 Å². The number of carbonyl (C=O) groups excluding carboxylic acids is 2. The molecule has 0 fully saturated rings. The third kappa shape index (κ3) is 4.62. The second kappa shape index (κ2) is 10.7. The number of hydrogen-bond donors (Lipinski definition) is 0. The number of ether oxygens (including phenoxy) is 2. The van der Waals surface area contributed by atoms with Crippen molar-refractivity contribution in [1.29, 1.82) is 0 Å². The number of fused-ring (bicyclic) bond motifs is 2. The minimum Gasteiger partial charge on any atom is -0.497 e. The molecule has 12 nitrogen and oxygen atoms in total. The number of amides is 2. The summed E-state index contributed by atoms with van der Waals surface area (Å²) >= 11 is 0. The van der Waals surface area contributed by atoms with Crippen molar-refractivity contribution in [2.24, 2.45) is 0 Å². The molecule has 0 aliphatic carbocycles. The van der Waals surface area contributed by atoms with E-state index in [1.54, 1.807) is 47.4 Å². The molecule has 12 heteroatoms. The van der Waals surface area contributed by atoms with Crippen molar-refractivity contribution in [2.75, 3.05) is 13.7 Å². The van der Waals surface area contributed by atoms with Crippen LogP contribution >= 0.6 is 0 Å². The predicted molar refractivity (Wildman–Crippen MR) is 149 cm³/mol. The van der Waals surface area contributed by atoms with E-state index in [2.05, 4.69) is 20.6 Å². The fraction of sp³-hybridized carbons (Fsp3) is 0.241. The van der Waals surface area contributed by atoms with E-state index in [0.717, 1.165) is 16.6 Å². The van der Waals surface area contributed by atoms with Gasteiger partial charge >= 0.3 is 12.0 Å². The Kier molecular flexibility index (Phi) is 6.79. The maximum atomic E-state index is 14.4. The summed E-state index contributed by atoms with van der Waals surface area (Å²) in [4.78, 5) is 31.1. The summed E-state index contributed by atoms with van der Waals surface area (Å²) in [5, 5.41) is 17.1. The monoisotopic (exact) mass is 552 g/mol. The Bertz CT molecular complexity index is 1770. The van der Waals surface area contributed by atoms with Crippen LogP contribution in [0.4, 0.5) is 4.79 Å². The van der Waals surface area contributed by atoms with Gasteiger partial charge in [0.1, 0.15) is 30.1 Å². The molecule has 0 saturated heterocycles. The van der Waals surface area contributed by atoms with Gasteiger partial charge in [0.2, 0.25) is 0 Å². The van der Waals surface area contributed by atoms with E-state index >= 15 is 0 Å². The lowest BCUT2D eigenvalue weighted by Gasteiger charge is -2.42. The highest BCUT2D eigenvalue weighted by atomic mass is 16.5. The van der Waals surface area contributed by atoms with Gasteiger partial charge in [0.15, 0.2) is 0 Å². The van der Waals surface area contributed by atoms with Gasteiger partial charge < -0.3 is 9.47 Å². The topological polar surface area (TPSA) is 120 Å². The van der Waals surface area contributed by atoms with Gasteiger partial charge in [-0.05, 0) is 55.8 Å². The number of aromatic nitrogens is 6. The average molecular weight is 553 g/mol. The zero-order valence-electron chi connectivity index (χ0n) is 22.8. The number of rotatable bonds is 8. The number of para-hydroxylation sites is 2. The van der Waals surface area contributed by atoms with Crippen LogP contribution in [0.15, 0.2) is 84.1 Å². The Balaban J connectivity index is 1.50. The van der Waals surface area contributed by atoms with Crippen molar-refractivity contribution in [2.45, 2.75) is 33.2 Å². The van der Waals surface area contributed by atoms with Crippen LogP contribution in [0.5, 0.6) is 5.75 Å². The number of nitrogens with zero attached hydrogens (tertiary/aromatic N) is 8. The second-order valence-electron chi connectivity index (χ2n) is 9.51. The molecule has 0 saturated carbocycles.